The van der Waals surface area contributed by atoms with E-state index in [1.807, 2.05) is 0 Å². The highest BCUT2D eigenvalue weighted by atomic mass is 127. The van der Waals surface area contributed by atoms with E-state index in [0.717, 1.165) is 83.5 Å². The molecule has 0 bridgehead atoms. The number of ether oxygens (including phenoxy) is 1. The van der Waals surface area contributed by atoms with Gasteiger partial charge in [0.15, 0.2) is 5.96 Å². The molecule has 1 aromatic rings. The molecule has 2 N–H and O–H groups in total. The second-order valence-corrected chi connectivity index (χ2v) is 7.79. The molecule has 170 valence electrons. The van der Waals surface area contributed by atoms with Crippen LogP contribution >= 0.6 is 24.0 Å². The number of rotatable bonds is 7. The largest absolute Gasteiger partial charge is 0.379 e. The summed E-state index contributed by atoms with van der Waals surface area (Å²) in [6, 6.07) is 0. The number of guanidine groups is 1. The minimum atomic E-state index is 0. The SMILES string of the molecule is CN(C)C(=O)CN=C(NCCCN1CCOCC1)N1CCC(c2ncn[nH]2)CC1.I. The molecule has 10 nitrogen and oxygen atoms in total. The Labute approximate surface area is 195 Å². The number of hydrogen-bond donors (Lipinski definition) is 2. The lowest BCUT2D eigenvalue weighted by Gasteiger charge is -2.34. The molecule has 2 aliphatic rings. The van der Waals surface area contributed by atoms with Gasteiger partial charge in [-0.2, -0.15) is 5.10 Å². The van der Waals surface area contributed by atoms with Crippen molar-refractivity contribution in [2.45, 2.75) is 25.2 Å². The maximum Gasteiger partial charge on any atom is 0.243 e. The Kier molecular flexibility index (Phi) is 10.8. The first-order chi connectivity index (χ1) is 14.1. The number of likely N-dealkylation sites (tertiary alicyclic amines) is 1. The number of likely N-dealkylation sites (N-methyl/N-ethyl adjacent to an activating group) is 1. The second kappa shape index (κ2) is 13.1. The summed E-state index contributed by atoms with van der Waals surface area (Å²) in [5, 5.41) is 10.4. The predicted molar refractivity (Wildman–Crippen MR) is 126 cm³/mol. The van der Waals surface area contributed by atoms with Crippen molar-refractivity contribution < 1.29 is 9.53 Å². The van der Waals surface area contributed by atoms with E-state index in [1.165, 1.54) is 0 Å². The molecular weight excluding hydrogens is 499 g/mol. The molecule has 2 fully saturated rings. The Morgan fingerprint density at radius 1 is 1.30 bits per heavy atom. The summed E-state index contributed by atoms with van der Waals surface area (Å²) < 4.78 is 5.40. The summed E-state index contributed by atoms with van der Waals surface area (Å²) in [5.41, 5.74) is 0. The number of carbonyl (C=O) groups is 1. The summed E-state index contributed by atoms with van der Waals surface area (Å²) >= 11 is 0. The predicted octanol–water partition coefficient (Wildman–Crippen LogP) is 0.358. The maximum atomic E-state index is 12.0. The van der Waals surface area contributed by atoms with Gasteiger partial charge in [0.2, 0.25) is 5.91 Å². The molecule has 2 saturated heterocycles. The summed E-state index contributed by atoms with van der Waals surface area (Å²) in [6.45, 7) is 7.50. The van der Waals surface area contributed by atoms with Gasteiger partial charge in [-0.15, -0.1) is 24.0 Å². The van der Waals surface area contributed by atoms with Gasteiger partial charge in [-0.1, -0.05) is 0 Å². The zero-order chi connectivity index (χ0) is 20.5. The van der Waals surface area contributed by atoms with Gasteiger partial charge in [0.25, 0.3) is 0 Å². The molecule has 11 heteroatoms. The van der Waals surface area contributed by atoms with E-state index >= 15 is 0 Å². The van der Waals surface area contributed by atoms with Crippen molar-refractivity contribution in [1.29, 1.82) is 0 Å². The fourth-order valence-electron chi connectivity index (χ4n) is 3.66. The molecule has 0 radical (unpaired) electrons. The van der Waals surface area contributed by atoms with Gasteiger partial charge in [0.05, 0.1) is 13.2 Å². The lowest BCUT2D eigenvalue weighted by molar-refractivity contribution is -0.127. The van der Waals surface area contributed by atoms with E-state index in [0.29, 0.717) is 5.92 Å². The monoisotopic (exact) mass is 534 g/mol. The van der Waals surface area contributed by atoms with Gasteiger partial charge in [-0.3, -0.25) is 14.8 Å². The molecule has 0 aliphatic carbocycles. The molecule has 3 heterocycles. The van der Waals surface area contributed by atoms with Crippen LogP contribution < -0.4 is 5.32 Å². The molecule has 1 amide bonds. The molecule has 0 saturated carbocycles. The minimum absolute atomic E-state index is 0. The maximum absolute atomic E-state index is 12.0. The Hall–Kier alpha value is -1.47. The number of aromatic amines is 1. The fraction of sp³-hybridized carbons (Fsp3) is 0.789. The van der Waals surface area contributed by atoms with Crippen LogP contribution in [-0.2, 0) is 9.53 Å². The van der Waals surface area contributed by atoms with Crippen molar-refractivity contribution in [1.82, 2.24) is 35.2 Å². The summed E-state index contributed by atoms with van der Waals surface area (Å²) in [7, 11) is 3.52. The number of nitrogens with zero attached hydrogens (tertiary/aromatic N) is 6. The van der Waals surface area contributed by atoms with Crippen molar-refractivity contribution in [3.05, 3.63) is 12.2 Å². The molecular formula is C19H35IN8O2. The zero-order valence-electron chi connectivity index (χ0n) is 18.0. The number of carbonyl (C=O) groups excluding carboxylic acids is 1. The van der Waals surface area contributed by atoms with Gasteiger partial charge in [-0.05, 0) is 25.8 Å². The average molecular weight is 534 g/mol. The Bertz CT molecular complexity index is 641. The number of morpholine rings is 1. The van der Waals surface area contributed by atoms with Gasteiger partial charge in [0.1, 0.15) is 18.7 Å². The molecule has 0 unspecified atom stereocenters. The van der Waals surface area contributed by atoms with E-state index in [9.17, 15) is 4.79 Å². The number of piperidine rings is 1. The molecule has 0 spiro atoms. The van der Waals surface area contributed by atoms with E-state index in [2.05, 4.69) is 35.3 Å². The third kappa shape index (κ3) is 7.65. The quantitative estimate of drug-likeness (QED) is 0.226. The lowest BCUT2D eigenvalue weighted by atomic mass is 9.96. The van der Waals surface area contributed by atoms with E-state index in [-0.39, 0.29) is 36.4 Å². The van der Waals surface area contributed by atoms with Crippen LogP contribution in [0.15, 0.2) is 11.3 Å². The lowest BCUT2D eigenvalue weighted by Crippen LogP contribution is -2.46. The first kappa shape index (κ1) is 24.8. The van der Waals surface area contributed by atoms with Gasteiger partial charge < -0.3 is 19.9 Å². The van der Waals surface area contributed by atoms with Crippen molar-refractivity contribution >= 4 is 35.8 Å². The number of H-pyrrole nitrogens is 1. The first-order valence-electron chi connectivity index (χ1n) is 10.5. The van der Waals surface area contributed by atoms with Crippen molar-refractivity contribution in [2.75, 3.05) is 73.1 Å². The molecule has 30 heavy (non-hydrogen) atoms. The van der Waals surface area contributed by atoms with Crippen LogP contribution in [0.25, 0.3) is 0 Å². The Balaban J connectivity index is 0.00000320. The first-order valence-corrected chi connectivity index (χ1v) is 10.5. The summed E-state index contributed by atoms with van der Waals surface area (Å²) in [4.78, 5) is 27.2. The zero-order valence-corrected chi connectivity index (χ0v) is 20.4. The molecule has 2 aliphatic heterocycles. The van der Waals surface area contributed by atoms with Gasteiger partial charge >= 0.3 is 0 Å². The highest BCUT2D eigenvalue weighted by Crippen LogP contribution is 2.24. The Morgan fingerprint density at radius 3 is 2.67 bits per heavy atom. The van der Waals surface area contributed by atoms with Crippen molar-refractivity contribution in [3.63, 3.8) is 0 Å². The van der Waals surface area contributed by atoms with Crippen LogP contribution in [0.2, 0.25) is 0 Å². The molecule has 0 atom stereocenters. The normalized spacial score (nSPS) is 18.7. The summed E-state index contributed by atoms with van der Waals surface area (Å²) in [6.07, 6.45) is 4.59. The number of aromatic nitrogens is 3. The van der Waals surface area contributed by atoms with Crippen molar-refractivity contribution in [2.24, 2.45) is 4.99 Å². The van der Waals surface area contributed by atoms with Crippen LogP contribution in [0, 0.1) is 0 Å². The third-order valence-corrected chi connectivity index (χ3v) is 5.52. The number of halogens is 1. The van der Waals surface area contributed by atoms with Crippen LogP contribution in [-0.4, -0.2) is 115 Å². The number of amides is 1. The topological polar surface area (TPSA) is 102 Å². The highest BCUT2D eigenvalue weighted by Gasteiger charge is 2.24. The molecule has 0 aromatic carbocycles. The summed E-state index contributed by atoms with van der Waals surface area (Å²) in [5.74, 6) is 2.21. The van der Waals surface area contributed by atoms with E-state index in [1.54, 1.807) is 25.3 Å². The van der Waals surface area contributed by atoms with E-state index in [4.69, 9.17) is 4.74 Å². The highest BCUT2D eigenvalue weighted by molar-refractivity contribution is 14.0. The van der Waals surface area contributed by atoms with Crippen LogP contribution in [0.1, 0.15) is 31.0 Å². The molecule has 3 rings (SSSR count). The number of aliphatic imine (C=N–C) groups is 1. The number of nitrogens with one attached hydrogen (secondary N) is 2. The Morgan fingerprint density at radius 2 is 2.03 bits per heavy atom. The average Bonchev–Trinajstić information content (AvgIpc) is 3.29. The standard InChI is InChI=1S/C19H34N8O2.HI/c1-25(2)17(28)14-21-19(20-6-3-7-26-10-12-29-13-11-26)27-8-4-16(5-9-27)18-22-15-23-24-18;/h15-16H,3-14H2,1-2H3,(H,20,21)(H,22,23,24);1H. The van der Waals surface area contributed by atoms with Crippen LogP contribution in [0.5, 0.6) is 0 Å². The van der Waals surface area contributed by atoms with Gasteiger partial charge in [0, 0.05) is 52.7 Å². The third-order valence-electron chi connectivity index (χ3n) is 5.52. The second-order valence-electron chi connectivity index (χ2n) is 7.79. The van der Waals surface area contributed by atoms with Gasteiger partial charge in [-0.25, -0.2) is 9.98 Å². The van der Waals surface area contributed by atoms with E-state index < -0.39 is 0 Å². The smallest absolute Gasteiger partial charge is 0.243 e. The van der Waals surface area contributed by atoms with Crippen LogP contribution in [0.4, 0.5) is 0 Å². The van der Waals surface area contributed by atoms with Crippen molar-refractivity contribution in [3.8, 4) is 0 Å². The minimum Gasteiger partial charge on any atom is -0.379 e. The number of hydrogen-bond acceptors (Lipinski definition) is 6. The fourth-order valence-corrected chi connectivity index (χ4v) is 3.66. The molecule has 1 aromatic heterocycles. The van der Waals surface area contributed by atoms with Crippen LogP contribution in [0.3, 0.4) is 0 Å².